The molecule has 1 rings (SSSR count). The second-order valence-electron chi connectivity index (χ2n) is 2.54. The standard InChI is InChI=1S/C7H14N4OS/c1-12-6-5-7(13-10-6)11(9)4-2-3-8/h5H,2-4,8-9H2,1H3. The first-order valence-electron chi connectivity index (χ1n) is 4.01. The molecule has 0 saturated carbocycles. The Kier molecular flexibility index (Phi) is 3.94. The predicted molar refractivity (Wildman–Crippen MR) is 53.9 cm³/mol. The number of ether oxygens (including phenoxy) is 1. The fourth-order valence-electron chi connectivity index (χ4n) is 0.853. The molecule has 0 aliphatic carbocycles. The molecular formula is C7H14N4OS. The van der Waals surface area contributed by atoms with Crippen molar-refractivity contribution >= 4 is 16.5 Å². The minimum absolute atomic E-state index is 0.600. The van der Waals surface area contributed by atoms with E-state index in [1.807, 2.05) is 0 Å². The van der Waals surface area contributed by atoms with Gasteiger partial charge < -0.3 is 15.5 Å². The van der Waals surface area contributed by atoms with Crippen molar-refractivity contribution in [3.05, 3.63) is 6.07 Å². The SMILES string of the molecule is COc1cc(N(N)CCCN)sn1. The highest BCUT2D eigenvalue weighted by atomic mass is 32.1. The van der Waals surface area contributed by atoms with E-state index in [1.165, 1.54) is 11.5 Å². The molecule has 1 heterocycles. The zero-order valence-corrected chi connectivity index (χ0v) is 8.38. The van der Waals surface area contributed by atoms with Gasteiger partial charge in [0.1, 0.15) is 5.00 Å². The van der Waals surface area contributed by atoms with Crippen LogP contribution in [0, 0.1) is 0 Å². The summed E-state index contributed by atoms with van der Waals surface area (Å²) in [4.78, 5) is 0. The monoisotopic (exact) mass is 202 g/mol. The fourth-order valence-corrected chi connectivity index (χ4v) is 1.51. The van der Waals surface area contributed by atoms with Crippen LogP contribution < -0.4 is 21.3 Å². The van der Waals surface area contributed by atoms with Crippen molar-refractivity contribution in [3.63, 3.8) is 0 Å². The van der Waals surface area contributed by atoms with Crippen molar-refractivity contribution in [3.8, 4) is 5.88 Å². The van der Waals surface area contributed by atoms with Gasteiger partial charge in [-0.2, -0.15) is 4.37 Å². The Morgan fingerprint density at radius 1 is 1.69 bits per heavy atom. The molecule has 0 aromatic carbocycles. The summed E-state index contributed by atoms with van der Waals surface area (Å²) in [7, 11) is 1.58. The number of methoxy groups -OCH3 is 1. The molecule has 0 bridgehead atoms. The predicted octanol–water partition coefficient (Wildman–Crippen LogP) is 0.181. The molecular weight excluding hydrogens is 188 g/mol. The maximum Gasteiger partial charge on any atom is 0.227 e. The lowest BCUT2D eigenvalue weighted by Crippen LogP contribution is -2.32. The molecule has 0 atom stereocenters. The highest BCUT2D eigenvalue weighted by molar-refractivity contribution is 7.10. The van der Waals surface area contributed by atoms with E-state index < -0.39 is 0 Å². The average molecular weight is 202 g/mol. The fraction of sp³-hybridized carbons (Fsp3) is 0.571. The highest BCUT2D eigenvalue weighted by Gasteiger charge is 2.06. The Hall–Kier alpha value is -0.850. The summed E-state index contributed by atoms with van der Waals surface area (Å²) in [5, 5.41) is 2.53. The average Bonchev–Trinajstić information content (AvgIpc) is 2.62. The van der Waals surface area contributed by atoms with E-state index in [0.29, 0.717) is 12.4 Å². The first kappa shape index (κ1) is 10.2. The Balaban J connectivity index is 2.50. The zero-order valence-electron chi connectivity index (χ0n) is 7.56. The molecule has 1 aromatic rings. The van der Waals surface area contributed by atoms with Gasteiger partial charge in [0, 0.05) is 12.6 Å². The topological polar surface area (TPSA) is 77.4 Å². The lowest BCUT2D eigenvalue weighted by atomic mass is 10.4. The third kappa shape index (κ3) is 2.83. The maximum absolute atomic E-state index is 5.74. The number of nitrogens with zero attached hydrogens (tertiary/aromatic N) is 2. The van der Waals surface area contributed by atoms with Crippen LogP contribution in [0.4, 0.5) is 5.00 Å². The molecule has 74 valence electrons. The minimum Gasteiger partial charge on any atom is -0.480 e. The molecule has 0 amide bonds. The Morgan fingerprint density at radius 2 is 2.46 bits per heavy atom. The van der Waals surface area contributed by atoms with Crippen molar-refractivity contribution in [2.75, 3.05) is 25.2 Å². The minimum atomic E-state index is 0.600. The van der Waals surface area contributed by atoms with Crippen molar-refractivity contribution in [2.24, 2.45) is 11.6 Å². The summed E-state index contributed by atoms with van der Waals surface area (Å²) in [6.07, 6.45) is 0.872. The summed E-state index contributed by atoms with van der Waals surface area (Å²) in [5.74, 6) is 6.34. The van der Waals surface area contributed by atoms with Crippen molar-refractivity contribution in [2.45, 2.75) is 6.42 Å². The van der Waals surface area contributed by atoms with Crippen LogP contribution in [0.5, 0.6) is 5.88 Å². The number of nitrogens with two attached hydrogens (primary N) is 2. The van der Waals surface area contributed by atoms with Crippen LogP contribution in [0.2, 0.25) is 0 Å². The Labute approximate surface area is 81.4 Å². The number of anilines is 1. The maximum atomic E-state index is 5.74. The molecule has 1 aromatic heterocycles. The van der Waals surface area contributed by atoms with Gasteiger partial charge in [-0.25, -0.2) is 5.84 Å². The van der Waals surface area contributed by atoms with Gasteiger partial charge in [0.25, 0.3) is 0 Å². The van der Waals surface area contributed by atoms with Crippen LogP contribution in [0.25, 0.3) is 0 Å². The lowest BCUT2D eigenvalue weighted by molar-refractivity contribution is 0.402. The number of rotatable bonds is 5. The number of hydrogen-bond donors (Lipinski definition) is 2. The second kappa shape index (κ2) is 5.00. The van der Waals surface area contributed by atoms with Gasteiger partial charge in [0.15, 0.2) is 0 Å². The normalized spacial score (nSPS) is 10.1. The van der Waals surface area contributed by atoms with Gasteiger partial charge in [-0.3, -0.25) is 0 Å². The van der Waals surface area contributed by atoms with Crippen LogP contribution in [0.3, 0.4) is 0 Å². The molecule has 0 aliphatic rings. The van der Waals surface area contributed by atoms with Gasteiger partial charge >= 0.3 is 0 Å². The van der Waals surface area contributed by atoms with Crippen molar-refractivity contribution < 1.29 is 4.74 Å². The van der Waals surface area contributed by atoms with E-state index >= 15 is 0 Å². The highest BCUT2D eigenvalue weighted by Crippen LogP contribution is 2.23. The summed E-state index contributed by atoms with van der Waals surface area (Å²) in [6, 6.07) is 1.81. The molecule has 4 N–H and O–H groups in total. The molecule has 0 radical (unpaired) electrons. The molecule has 13 heavy (non-hydrogen) atoms. The van der Waals surface area contributed by atoms with Crippen molar-refractivity contribution in [1.82, 2.24) is 4.37 Å². The summed E-state index contributed by atoms with van der Waals surface area (Å²) < 4.78 is 8.97. The smallest absolute Gasteiger partial charge is 0.227 e. The second-order valence-corrected chi connectivity index (χ2v) is 3.33. The van der Waals surface area contributed by atoms with Crippen LogP contribution in [0.15, 0.2) is 6.07 Å². The summed E-state index contributed by atoms with van der Waals surface area (Å²) in [6.45, 7) is 1.38. The third-order valence-corrected chi connectivity index (χ3v) is 2.38. The molecule has 6 heteroatoms. The van der Waals surface area contributed by atoms with Gasteiger partial charge in [-0.15, -0.1) is 0 Å². The molecule has 0 saturated heterocycles. The van der Waals surface area contributed by atoms with Crippen LogP contribution >= 0.6 is 11.5 Å². The quantitative estimate of drug-likeness (QED) is 0.526. The van der Waals surface area contributed by atoms with E-state index in [4.69, 9.17) is 16.3 Å². The lowest BCUT2D eigenvalue weighted by Gasteiger charge is -2.14. The Bertz CT molecular complexity index is 252. The van der Waals surface area contributed by atoms with Crippen LogP contribution in [-0.4, -0.2) is 24.6 Å². The summed E-state index contributed by atoms with van der Waals surface area (Å²) >= 11 is 1.32. The van der Waals surface area contributed by atoms with Crippen LogP contribution in [-0.2, 0) is 0 Å². The van der Waals surface area contributed by atoms with Gasteiger partial charge in [0.2, 0.25) is 5.88 Å². The first-order chi connectivity index (χ1) is 6.27. The van der Waals surface area contributed by atoms with Gasteiger partial charge in [0.05, 0.1) is 7.11 Å². The van der Waals surface area contributed by atoms with E-state index in [-0.39, 0.29) is 0 Å². The van der Waals surface area contributed by atoms with E-state index in [2.05, 4.69) is 4.37 Å². The molecule has 0 fully saturated rings. The number of aromatic nitrogens is 1. The molecule has 0 unspecified atom stereocenters. The zero-order chi connectivity index (χ0) is 9.68. The van der Waals surface area contributed by atoms with Crippen molar-refractivity contribution in [1.29, 1.82) is 0 Å². The number of hydrogen-bond acceptors (Lipinski definition) is 6. The van der Waals surface area contributed by atoms with Gasteiger partial charge in [-0.1, -0.05) is 0 Å². The summed E-state index contributed by atoms with van der Waals surface area (Å²) in [5.41, 5.74) is 5.37. The molecule has 5 nitrogen and oxygen atoms in total. The largest absolute Gasteiger partial charge is 0.480 e. The molecule has 0 spiro atoms. The molecule has 0 aliphatic heterocycles. The van der Waals surface area contributed by atoms with E-state index in [9.17, 15) is 0 Å². The van der Waals surface area contributed by atoms with Crippen LogP contribution in [0.1, 0.15) is 6.42 Å². The van der Waals surface area contributed by atoms with Gasteiger partial charge in [-0.05, 0) is 24.5 Å². The first-order valence-corrected chi connectivity index (χ1v) is 4.78. The van der Waals surface area contributed by atoms with E-state index in [0.717, 1.165) is 18.0 Å². The third-order valence-electron chi connectivity index (χ3n) is 1.57. The Morgan fingerprint density at radius 3 is 3.00 bits per heavy atom. The van der Waals surface area contributed by atoms with E-state index in [1.54, 1.807) is 18.2 Å². The number of hydrazine groups is 1.